The Morgan fingerprint density at radius 2 is 1.81 bits per heavy atom. The average molecular weight is 489 g/mol. The Hall–Kier alpha value is -3.99. The first-order valence-corrected chi connectivity index (χ1v) is 11.9. The first-order valence-electron chi connectivity index (χ1n) is 11.9. The number of hydrogen-bond donors (Lipinski definition) is 1. The highest BCUT2D eigenvalue weighted by molar-refractivity contribution is 6.04. The molecule has 1 fully saturated rings. The third-order valence-electron chi connectivity index (χ3n) is 6.65. The van der Waals surface area contributed by atoms with Gasteiger partial charge in [0, 0.05) is 55.9 Å². The lowest BCUT2D eigenvalue weighted by Gasteiger charge is -2.43. The maximum atomic E-state index is 13.4. The number of piperidine rings is 1. The Balaban J connectivity index is 1.52. The summed E-state index contributed by atoms with van der Waals surface area (Å²) in [5, 5.41) is 0. The molecule has 0 bridgehead atoms. The van der Waals surface area contributed by atoms with Gasteiger partial charge in [-0.05, 0) is 31.9 Å². The quantitative estimate of drug-likeness (QED) is 0.551. The van der Waals surface area contributed by atoms with Gasteiger partial charge in [0.2, 0.25) is 5.91 Å². The molecule has 186 valence electrons. The van der Waals surface area contributed by atoms with Crippen molar-refractivity contribution in [3.8, 4) is 11.3 Å². The normalized spacial score (nSPS) is 16.9. The van der Waals surface area contributed by atoms with Gasteiger partial charge >= 0.3 is 6.03 Å². The molecule has 1 saturated heterocycles. The molecule has 0 atom stereocenters. The summed E-state index contributed by atoms with van der Waals surface area (Å²) >= 11 is 0. The molecule has 0 spiro atoms. The highest BCUT2D eigenvalue weighted by atomic mass is 16.2. The summed E-state index contributed by atoms with van der Waals surface area (Å²) < 4.78 is 0. The summed E-state index contributed by atoms with van der Waals surface area (Å²) in [6, 6.07) is 3.63. The smallest absolute Gasteiger partial charge is 0.324 e. The molecule has 2 N–H and O–H groups in total. The van der Waals surface area contributed by atoms with Crippen LogP contribution in [0, 0.1) is 0 Å². The van der Waals surface area contributed by atoms with Gasteiger partial charge in [-0.15, -0.1) is 0 Å². The van der Waals surface area contributed by atoms with E-state index in [9.17, 15) is 14.4 Å². The number of nitrogens with two attached hydrogens (primary N) is 1. The van der Waals surface area contributed by atoms with Crippen molar-refractivity contribution in [2.45, 2.75) is 38.8 Å². The number of likely N-dealkylation sites (tertiary alicyclic amines) is 1. The van der Waals surface area contributed by atoms with E-state index in [-0.39, 0.29) is 36.7 Å². The van der Waals surface area contributed by atoms with Gasteiger partial charge in [0.15, 0.2) is 0 Å². The second-order valence-corrected chi connectivity index (χ2v) is 9.45. The highest BCUT2D eigenvalue weighted by Crippen LogP contribution is 2.37. The van der Waals surface area contributed by atoms with Crippen LogP contribution in [0.15, 0.2) is 30.7 Å². The molecule has 11 heteroatoms. The van der Waals surface area contributed by atoms with E-state index < -0.39 is 0 Å². The standard InChI is InChI=1S/C25H28N8O3/c1-15(34)9-22-28-10-16(11-29-22)19-3-4-20-23(30-19)24-17(12-27-20)13-31(2)25(36)33(24)18-5-7-32(8-6-18)14-21(26)35/h3-4,10-12,18H,5-9,13-14H2,1-2H3,(H2,26,35). The molecule has 3 aromatic heterocycles. The molecule has 0 saturated carbocycles. The van der Waals surface area contributed by atoms with Crippen molar-refractivity contribution >= 4 is 34.4 Å². The van der Waals surface area contributed by atoms with Crippen molar-refractivity contribution in [2.24, 2.45) is 5.73 Å². The fourth-order valence-electron chi connectivity index (χ4n) is 4.93. The van der Waals surface area contributed by atoms with Crippen molar-refractivity contribution in [1.82, 2.24) is 29.7 Å². The van der Waals surface area contributed by atoms with Crippen molar-refractivity contribution in [2.75, 3.05) is 31.6 Å². The molecule has 0 radical (unpaired) electrons. The zero-order valence-corrected chi connectivity index (χ0v) is 20.3. The minimum atomic E-state index is -0.348. The number of ketones is 1. The van der Waals surface area contributed by atoms with E-state index in [1.165, 1.54) is 6.92 Å². The average Bonchev–Trinajstić information content (AvgIpc) is 2.85. The first kappa shape index (κ1) is 23.7. The molecule has 11 nitrogen and oxygen atoms in total. The lowest BCUT2D eigenvalue weighted by molar-refractivity contribution is -0.119. The summed E-state index contributed by atoms with van der Waals surface area (Å²) in [5.74, 6) is 0.118. The number of rotatable bonds is 6. The van der Waals surface area contributed by atoms with Gasteiger partial charge in [0.05, 0.1) is 36.4 Å². The molecular formula is C25H28N8O3. The number of carbonyl (C=O) groups excluding carboxylic acids is 3. The fraction of sp³-hybridized carbons (Fsp3) is 0.400. The van der Waals surface area contributed by atoms with Gasteiger partial charge in [-0.3, -0.25) is 24.4 Å². The molecule has 0 aromatic carbocycles. The van der Waals surface area contributed by atoms with Crippen LogP contribution in [0.1, 0.15) is 31.2 Å². The topological polar surface area (TPSA) is 139 Å². The molecule has 3 aromatic rings. The minimum absolute atomic E-state index is 0.000491. The van der Waals surface area contributed by atoms with E-state index in [0.29, 0.717) is 47.7 Å². The minimum Gasteiger partial charge on any atom is -0.369 e. The Bertz CT molecular complexity index is 1340. The third-order valence-corrected chi connectivity index (χ3v) is 6.65. The summed E-state index contributed by atoms with van der Waals surface area (Å²) in [5.41, 5.74) is 9.81. The van der Waals surface area contributed by atoms with Crippen LogP contribution in [0.3, 0.4) is 0 Å². The third kappa shape index (κ3) is 4.61. The maximum Gasteiger partial charge on any atom is 0.324 e. The number of fused-ring (bicyclic) bond motifs is 3. The van der Waals surface area contributed by atoms with Crippen LogP contribution in [0.5, 0.6) is 0 Å². The summed E-state index contributed by atoms with van der Waals surface area (Å²) in [7, 11) is 1.79. The van der Waals surface area contributed by atoms with Gasteiger partial charge in [0.25, 0.3) is 0 Å². The SMILES string of the molecule is CC(=O)Cc1ncc(-c2ccc3ncc4c(c3n2)N(C2CCN(CC(N)=O)CC2)C(=O)N(C)C4)cn1. The predicted molar refractivity (Wildman–Crippen MR) is 133 cm³/mol. The summed E-state index contributed by atoms with van der Waals surface area (Å²) in [4.78, 5) is 59.8. The van der Waals surface area contributed by atoms with E-state index in [2.05, 4.69) is 15.0 Å². The number of anilines is 1. The molecule has 2 aliphatic rings. The lowest BCUT2D eigenvalue weighted by Crippen LogP contribution is -2.54. The number of Topliss-reactive ketones (excluding diaryl/α,β-unsaturated/α-hetero) is 1. The van der Waals surface area contributed by atoms with Crippen LogP contribution in [0.4, 0.5) is 10.5 Å². The van der Waals surface area contributed by atoms with Crippen molar-refractivity contribution < 1.29 is 14.4 Å². The number of hydrogen-bond acceptors (Lipinski definition) is 8. The Morgan fingerprint density at radius 1 is 1.08 bits per heavy atom. The fourth-order valence-corrected chi connectivity index (χ4v) is 4.93. The highest BCUT2D eigenvalue weighted by Gasteiger charge is 2.37. The molecule has 0 aliphatic carbocycles. The van der Waals surface area contributed by atoms with Crippen LogP contribution in [-0.2, 0) is 22.6 Å². The van der Waals surface area contributed by atoms with E-state index in [4.69, 9.17) is 10.7 Å². The zero-order valence-electron chi connectivity index (χ0n) is 20.3. The molecule has 5 heterocycles. The van der Waals surface area contributed by atoms with Crippen LogP contribution in [-0.4, -0.2) is 80.2 Å². The second kappa shape index (κ2) is 9.57. The molecule has 36 heavy (non-hydrogen) atoms. The van der Waals surface area contributed by atoms with Gasteiger partial charge in [-0.2, -0.15) is 0 Å². The van der Waals surface area contributed by atoms with Gasteiger partial charge in [0.1, 0.15) is 17.1 Å². The lowest BCUT2D eigenvalue weighted by atomic mass is 9.99. The van der Waals surface area contributed by atoms with Crippen LogP contribution < -0.4 is 10.6 Å². The Kier molecular flexibility index (Phi) is 6.31. The maximum absolute atomic E-state index is 13.4. The second-order valence-electron chi connectivity index (χ2n) is 9.45. The molecule has 0 unspecified atom stereocenters. The number of nitrogens with zero attached hydrogens (tertiary/aromatic N) is 7. The molecule has 5 rings (SSSR count). The summed E-state index contributed by atoms with van der Waals surface area (Å²) in [6.07, 6.45) is 6.77. The van der Waals surface area contributed by atoms with E-state index >= 15 is 0 Å². The van der Waals surface area contributed by atoms with Gasteiger partial charge in [-0.1, -0.05) is 0 Å². The van der Waals surface area contributed by atoms with E-state index in [0.717, 1.165) is 24.1 Å². The number of pyridine rings is 2. The number of urea groups is 1. The van der Waals surface area contributed by atoms with Crippen LogP contribution in [0.2, 0.25) is 0 Å². The van der Waals surface area contributed by atoms with Crippen molar-refractivity contribution in [3.63, 3.8) is 0 Å². The Morgan fingerprint density at radius 3 is 2.47 bits per heavy atom. The monoisotopic (exact) mass is 488 g/mol. The molecular weight excluding hydrogens is 460 g/mol. The number of aromatic nitrogens is 4. The van der Waals surface area contributed by atoms with Gasteiger partial charge < -0.3 is 10.6 Å². The van der Waals surface area contributed by atoms with Crippen molar-refractivity contribution in [3.05, 3.63) is 42.1 Å². The number of carbonyl (C=O) groups is 3. The molecule has 3 amide bonds. The number of amides is 3. The first-order chi connectivity index (χ1) is 17.3. The van der Waals surface area contributed by atoms with Crippen LogP contribution >= 0.6 is 0 Å². The zero-order chi connectivity index (χ0) is 25.4. The molecule has 2 aliphatic heterocycles. The van der Waals surface area contributed by atoms with Crippen LogP contribution in [0.25, 0.3) is 22.3 Å². The number of primary amides is 1. The van der Waals surface area contributed by atoms with Gasteiger partial charge in [-0.25, -0.2) is 19.7 Å². The van der Waals surface area contributed by atoms with E-state index in [1.54, 1.807) is 24.3 Å². The Labute approximate surface area is 208 Å². The van der Waals surface area contributed by atoms with E-state index in [1.807, 2.05) is 28.1 Å². The largest absolute Gasteiger partial charge is 0.369 e. The summed E-state index contributed by atoms with van der Waals surface area (Å²) in [6.45, 7) is 3.54. The van der Waals surface area contributed by atoms with Crippen molar-refractivity contribution in [1.29, 1.82) is 0 Å². The predicted octanol–water partition coefficient (Wildman–Crippen LogP) is 1.54.